The number of aliphatic hydroxyl groups is 1. The molecule has 2 aromatic rings. The summed E-state index contributed by atoms with van der Waals surface area (Å²) in [5.74, 6) is 1.99. The van der Waals surface area contributed by atoms with E-state index in [2.05, 4.69) is 44.8 Å². The van der Waals surface area contributed by atoms with Crippen LogP contribution in [0.15, 0.2) is 45.8 Å². The van der Waals surface area contributed by atoms with E-state index in [0.29, 0.717) is 24.8 Å². The molecule has 1 aliphatic rings. The summed E-state index contributed by atoms with van der Waals surface area (Å²) in [7, 11) is 0. The third-order valence-corrected chi connectivity index (χ3v) is 5.17. The van der Waals surface area contributed by atoms with E-state index in [9.17, 15) is 5.11 Å². The lowest BCUT2D eigenvalue weighted by Gasteiger charge is -2.26. The van der Waals surface area contributed by atoms with Crippen LogP contribution >= 0.6 is 24.0 Å². The van der Waals surface area contributed by atoms with Gasteiger partial charge in [-0.05, 0) is 44.0 Å². The molecular weight excluding hydrogens is 507 g/mol. The molecule has 1 fully saturated rings. The molecule has 2 heterocycles. The smallest absolute Gasteiger partial charge is 0.191 e. The minimum atomic E-state index is -1.12. The maximum absolute atomic E-state index is 10.7. The number of benzene rings is 1. The number of halogens is 1. The van der Waals surface area contributed by atoms with Gasteiger partial charge in [-0.2, -0.15) is 0 Å². The van der Waals surface area contributed by atoms with Crippen molar-refractivity contribution in [3.8, 4) is 0 Å². The molecule has 8 heteroatoms. The minimum absolute atomic E-state index is 0. The Bertz CT molecular complexity index is 814. The number of nitrogens with one attached hydrogen (secondary N) is 2. The minimum Gasteiger partial charge on any atom is -0.463 e. The van der Waals surface area contributed by atoms with Gasteiger partial charge in [0.15, 0.2) is 5.96 Å². The fraction of sp³-hybridized carbons (Fsp3) is 0.522. The van der Waals surface area contributed by atoms with Gasteiger partial charge in [0.25, 0.3) is 0 Å². The third-order valence-electron chi connectivity index (χ3n) is 5.17. The summed E-state index contributed by atoms with van der Waals surface area (Å²) in [6.45, 7) is 11.8. The molecule has 0 spiro atoms. The van der Waals surface area contributed by atoms with Crippen LogP contribution in [0.5, 0.6) is 0 Å². The Kier molecular flexibility index (Phi) is 10.3. The van der Waals surface area contributed by atoms with E-state index >= 15 is 0 Å². The molecule has 0 radical (unpaired) electrons. The number of nitrogens with zero attached hydrogens (tertiary/aromatic N) is 2. The molecule has 1 aromatic carbocycles. The van der Waals surface area contributed by atoms with Crippen molar-refractivity contribution in [2.24, 2.45) is 4.99 Å². The van der Waals surface area contributed by atoms with E-state index in [4.69, 9.17) is 9.15 Å². The van der Waals surface area contributed by atoms with Crippen molar-refractivity contribution < 1.29 is 14.3 Å². The van der Waals surface area contributed by atoms with Gasteiger partial charge in [0.1, 0.15) is 17.1 Å². The molecule has 172 valence electrons. The fourth-order valence-electron chi connectivity index (χ4n) is 3.35. The summed E-state index contributed by atoms with van der Waals surface area (Å²) in [6.07, 6.45) is 0. The van der Waals surface area contributed by atoms with Gasteiger partial charge in [-0.1, -0.05) is 24.3 Å². The first-order valence-corrected chi connectivity index (χ1v) is 10.7. The van der Waals surface area contributed by atoms with Crippen LogP contribution in [-0.4, -0.2) is 55.4 Å². The molecule has 0 amide bonds. The Hall–Kier alpha value is -1.62. The molecule has 1 unspecified atom stereocenters. The zero-order chi connectivity index (χ0) is 21.4. The van der Waals surface area contributed by atoms with E-state index in [1.807, 2.05) is 19.9 Å². The molecular formula is C23H35IN4O3. The molecule has 7 nitrogen and oxygen atoms in total. The van der Waals surface area contributed by atoms with Gasteiger partial charge < -0.3 is 24.9 Å². The Morgan fingerprint density at radius 3 is 2.39 bits per heavy atom. The predicted octanol–water partition coefficient (Wildman–Crippen LogP) is 3.00. The first-order chi connectivity index (χ1) is 14.5. The average molecular weight is 542 g/mol. The quantitative estimate of drug-likeness (QED) is 0.271. The fourth-order valence-corrected chi connectivity index (χ4v) is 3.35. The number of aryl methyl sites for hydroxylation is 1. The number of hydrogen-bond donors (Lipinski definition) is 3. The molecule has 1 atom stereocenters. The van der Waals surface area contributed by atoms with Crippen molar-refractivity contribution in [1.82, 2.24) is 15.5 Å². The highest BCUT2D eigenvalue weighted by atomic mass is 127. The largest absolute Gasteiger partial charge is 0.463 e. The summed E-state index contributed by atoms with van der Waals surface area (Å²) in [6, 6.07) is 12.3. The zero-order valence-corrected chi connectivity index (χ0v) is 21.0. The van der Waals surface area contributed by atoms with Gasteiger partial charge in [0.2, 0.25) is 0 Å². The van der Waals surface area contributed by atoms with Crippen molar-refractivity contribution in [2.75, 3.05) is 39.4 Å². The van der Waals surface area contributed by atoms with Gasteiger partial charge >= 0.3 is 0 Å². The maximum Gasteiger partial charge on any atom is 0.191 e. The van der Waals surface area contributed by atoms with Gasteiger partial charge in [-0.25, -0.2) is 4.99 Å². The highest BCUT2D eigenvalue weighted by molar-refractivity contribution is 14.0. The summed E-state index contributed by atoms with van der Waals surface area (Å²) in [4.78, 5) is 7.07. The summed E-state index contributed by atoms with van der Waals surface area (Å²) in [5, 5.41) is 17.2. The lowest BCUT2D eigenvalue weighted by molar-refractivity contribution is 0.0342. The van der Waals surface area contributed by atoms with E-state index in [-0.39, 0.29) is 24.0 Å². The lowest BCUT2D eigenvalue weighted by atomic mass is 10.0. The second-order valence-corrected chi connectivity index (χ2v) is 7.94. The van der Waals surface area contributed by atoms with Crippen LogP contribution in [0.3, 0.4) is 0 Å². The van der Waals surface area contributed by atoms with Crippen LogP contribution in [-0.2, 0) is 23.4 Å². The van der Waals surface area contributed by atoms with Gasteiger partial charge in [0.05, 0.1) is 26.3 Å². The number of rotatable bonds is 8. The molecule has 1 saturated heterocycles. The van der Waals surface area contributed by atoms with Crippen molar-refractivity contribution in [3.63, 3.8) is 0 Å². The first kappa shape index (κ1) is 25.6. The third kappa shape index (κ3) is 8.10. The summed E-state index contributed by atoms with van der Waals surface area (Å²) in [5.41, 5.74) is 1.33. The normalized spacial score (nSPS) is 17.0. The number of aliphatic imine (C=N–C) groups is 1. The highest BCUT2D eigenvalue weighted by Crippen LogP contribution is 2.21. The number of furan rings is 1. The summed E-state index contributed by atoms with van der Waals surface area (Å²) < 4.78 is 11.0. The van der Waals surface area contributed by atoms with Gasteiger partial charge in [-0.15, -0.1) is 24.0 Å². The molecule has 0 aliphatic carbocycles. The molecule has 0 saturated carbocycles. The number of guanidine groups is 1. The van der Waals surface area contributed by atoms with E-state index in [1.54, 1.807) is 13.0 Å². The number of hydrogen-bond acceptors (Lipinski definition) is 5. The molecule has 0 bridgehead atoms. The number of ether oxygens (including phenoxy) is 1. The van der Waals surface area contributed by atoms with Crippen molar-refractivity contribution in [3.05, 3.63) is 59.0 Å². The molecule has 3 rings (SSSR count). The highest BCUT2D eigenvalue weighted by Gasteiger charge is 2.27. The second-order valence-electron chi connectivity index (χ2n) is 7.94. The van der Waals surface area contributed by atoms with Crippen LogP contribution in [0.25, 0.3) is 0 Å². The Morgan fingerprint density at radius 2 is 1.77 bits per heavy atom. The maximum atomic E-state index is 10.7. The topological polar surface area (TPSA) is 82.3 Å². The molecule has 3 N–H and O–H groups in total. The van der Waals surface area contributed by atoms with E-state index < -0.39 is 5.60 Å². The van der Waals surface area contributed by atoms with Gasteiger partial charge in [0, 0.05) is 26.2 Å². The molecule has 1 aliphatic heterocycles. The van der Waals surface area contributed by atoms with Crippen molar-refractivity contribution >= 4 is 29.9 Å². The van der Waals surface area contributed by atoms with Crippen molar-refractivity contribution in [2.45, 2.75) is 39.5 Å². The number of morpholine rings is 1. The van der Waals surface area contributed by atoms with Crippen LogP contribution in [0.4, 0.5) is 0 Å². The second kappa shape index (κ2) is 12.4. The van der Waals surface area contributed by atoms with Gasteiger partial charge in [-0.3, -0.25) is 4.90 Å². The molecule has 31 heavy (non-hydrogen) atoms. The Balaban J connectivity index is 0.00000341. The predicted molar refractivity (Wildman–Crippen MR) is 134 cm³/mol. The van der Waals surface area contributed by atoms with E-state index in [1.165, 1.54) is 5.56 Å². The Morgan fingerprint density at radius 1 is 1.10 bits per heavy atom. The summed E-state index contributed by atoms with van der Waals surface area (Å²) >= 11 is 0. The lowest BCUT2D eigenvalue weighted by Crippen LogP contribution is -2.44. The van der Waals surface area contributed by atoms with Crippen LogP contribution in [0.1, 0.15) is 36.5 Å². The Labute approximate surface area is 202 Å². The zero-order valence-electron chi connectivity index (χ0n) is 18.7. The SMILES string of the molecule is CCNC(=NCc1ccc(CN2CCOCC2)cc1)NCC(C)(O)c1ccc(C)o1.I. The molecule has 1 aromatic heterocycles. The monoisotopic (exact) mass is 542 g/mol. The van der Waals surface area contributed by atoms with Crippen molar-refractivity contribution in [1.29, 1.82) is 0 Å². The van der Waals surface area contributed by atoms with Crippen LogP contribution < -0.4 is 10.6 Å². The standard InChI is InChI=1S/C23H34N4O3.HI/c1-4-24-22(26-17-23(3,28)21-10-5-18(2)30-21)25-15-19-6-8-20(9-7-19)16-27-11-13-29-14-12-27;/h5-10,28H,4,11-17H2,1-3H3,(H2,24,25,26);1H. The first-order valence-electron chi connectivity index (χ1n) is 10.7. The van der Waals surface area contributed by atoms with Crippen LogP contribution in [0, 0.1) is 6.92 Å². The average Bonchev–Trinajstić information content (AvgIpc) is 3.19. The van der Waals surface area contributed by atoms with E-state index in [0.717, 1.165) is 50.7 Å². The van der Waals surface area contributed by atoms with Crippen LogP contribution in [0.2, 0.25) is 0 Å².